The van der Waals surface area contributed by atoms with E-state index in [-0.39, 0.29) is 18.1 Å². The van der Waals surface area contributed by atoms with Gasteiger partial charge in [-0.1, -0.05) is 30.3 Å². The Hall–Kier alpha value is -2.03. The first-order valence-corrected chi connectivity index (χ1v) is 13.0. The highest BCUT2D eigenvalue weighted by atomic mass is 32.2. The molecule has 31 heavy (non-hydrogen) atoms. The number of hydrogen-bond donors (Lipinski definition) is 1. The Morgan fingerprint density at radius 3 is 2.55 bits per heavy atom. The number of sulfonamides is 1. The molecule has 1 aliphatic heterocycles. The summed E-state index contributed by atoms with van der Waals surface area (Å²) < 4.78 is 32.9. The highest BCUT2D eigenvalue weighted by Gasteiger charge is 2.33. The van der Waals surface area contributed by atoms with Crippen LogP contribution in [-0.2, 0) is 14.8 Å². The van der Waals surface area contributed by atoms with E-state index in [2.05, 4.69) is 49.9 Å². The zero-order valence-corrected chi connectivity index (χ0v) is 18.9. The van der Waals surface area contributed by atoms with Crippen molar-refractivity contribution in [2.24, 2.45) is 5.92 Å². The van der Waals surface area contributed by atoms with Gasteiger partial charge in [-0.2, -0.15) is 0 Å². The lowest BCUT2D eigenvalue weighted by Crippen LogP contribution is -2.52. The number of rotatable bonds is 7. The van der Waals surface area contributed by atoms with Crippen molar-refractivity contribution in [3.8, 4) is 0 Å². The number of benzene rings is 1. The van der Waals surface area contributed by atoms with Gasteiger partial charge in [-0.25, -0.2) is 18.1 Å². The molecule has 1 saturated carbocycles. The van der Waals surface area contributed by atoms with E-state index in [9.17, 15) is 8.42 Å². The Morgan fingerprint density at radius 2 is 1.87 bits per heavy atom. The largest absolute Gasteiger partial charge is 0.378 e. The fourth-order valence-electron chi connectivity index (χ4n) is 4.84. The molecule has 2 aromatic rings. The first-order valence-electron chi connectivity index (χ1n) is 11.1. The van der Waals surface area contributed by atoms with Crippen molar-refractivity contribution in [2.45, 2.75) is 50.2 Å². The van der Waals surface area contributed by atoms with Gasteiger partial charge in [0.2, 0.25) is 10.0 Å². The molecule has 8 heteroatoms. The summed E-state index contributed by atoms with van der Waals surface area (Å²) >= 11 is 0. The summed E-state index contributed by atoms with van der Waals surface area (Å²) in [7, 11) is -3.27. The van der Waals surface area contributed by atoms with Crippen LogP contribution in [0.1, 0.15) is 43.6 Å². The summed E-state index contributed by atoms with van der Waals surface area (Å²) in [5, 5.41) is 0. The van der Waals surface area contributed by atoms with Gasteiger partial charge >= 0.3 is 0 Å². The smallest absolute Gasteiger partial charge is 0.208 e. The van der Waals surface area contributed by atoms with Crippen molar-refractivity contribution in [1.29, 1.82) is 0 Å². The normalized spacial score (nSPS) is 27.2. The van der Waals surface area contributed by atoms with Gasteiger partial charge in [0.05, 0.1) is 25.2 Å². The molecular weight excluding hydrogens is 412 g/mol. The van der Waals surface area contributed by atoms with Crippen LogP contribution in [0.3, 0.4) is 0 Å². The molecule has 168 valence electrons. The Labute approximate surface area is 185 Å². The molecule has 2 heterocycles. The second kappa shape index (κ2) is 10.1. The average molecular weight is 445 g/mol. The molecular formula is C23H32N4O3S. The van der Waals surface area contributed by atoms with Crippen LogP contribution in [0.4, 0.5) is 5.82 Å². The second-order valence-corrected chi connectivity index (χ2v) is 10.6. The fourth-order valence-corrected chi connectivity index (χ4v) is 5.70. The van der Waals surface area contributed by atoms with Gasteiger partial charge in [-0.3, -0.25) is 4.98 Å². The zero-order chi connectivity index (χ0) is 21.7. The van der Waals surface area contributed by atoms with Crippen LogP contribution in [0.15, 0.2) is 48.9 Å². The van der Waals surface area contributed by atoms with Gasteiger partial charge in [-0.15, -0.1) is 0 Å². The first-order chi connectivity index (χ1) is 15.0. The minimum Gasteiger partial charge on any atom is -0.378 e. The van der Waals surface area contributed by atoms with Crippen LogP contribution in [-0.4, -0.2) is 56.5 Å². The SMILES string of the molecule is CS(=O)(=O)N[C@H]1CCN(c2cnccn2)C[C@H]1CO[C@H]1CC[C@@H](c2ccccc2)CC1. The zero-order valence-electron chi connectivity index (χ0n) is 18.1. The molecule has 0 bridgehead atoms. The van der Waals surface area contributed by atoms with Crippen molar-refractivity contribution in [3.05, 3.63) is 54.5 Å². The third-order valence-corrected chi connectivity index (χ3v) is 7.20. The first kappa shape index (κ1) is 22.2. The molecule has 7 nitrogen and oxygen atoms in total. The fraction of sp³-hybridized carbons (Fsp3) is 0.565. The molecule has 1 aromatic heterocycles. The van der Waals surface area contributed by atoms with Crippen molar-refractivity contribution >= 4 is 15.8 Å². The lowest BCUT2D eigenvalue weighted by atomic mass is 9.82. The Kier molecular flexibility index (Phi) is 7.20. The van der Waals surface area contributed by atoms with E-state index in [1.165, 1.54) is 11.8 Å². The predicted octanol–water partition coefficient (Wildman–Crippen LogP) is 2.96. The quantitative estimate of drug-likeness (QED) is 0.707. The van der Waals surface area contributed by atoms with E-state index >= 15 is 0 Å². The topological polar surface area (TPSA) is 84.4 Å². The van der Waals surface area contributed by atoms with Crippen LogP contribution < -0.4 is 9.62 Å². The number of hydrogen-bond acceptors (Lipinski definition) is 6. The lowest BCUT2D eigenvalue weighted by Gasteiger charge is -2.39. The Morgan fingerprint density at radius 1 is 1.10 bits per heavy atom. The van der Waals surface area contributed by atoms with Gasteiger partial charge in [0.25, 0.3) is 0 Å². The maximum atomic E-state index is 11.9. The lowest BCUT2D eigenvalue weighted by molar-refractivity contribution is -0.00214. The number of piperidine rings is 1. The van der Waals surface area contributed by atoms with E-state index in [0.29, 0.717) is 19.1 Å². The average Bonchev–Trinajstić information content (AvgIpc) is 2.79. The number of ether oxygens (including phenoxy) is 1. The molecule has 0 radical (unpaired) electrons. The summed E-state index contributed by atoms with van der Waals surface area (Å²) in [5.74, 6) is 1.51. The molecule has 0 amide bonds. The third kappa shape index (κ3) is 6.24. The van der Waals surface area contributed by atoms with Crippen LogP contribution >= 0.6 is 0 Å². The number of nitrogens with one attached hydrogen (secondary N) is 1. The van der Waals surface area contributed by atoms with Crippen LogP contribution in [0, 0.1) is 5.92 Å². The summed E-state index contributed by atoms with van der Waals surface area (Å²) in [6.07, 6.45) is 11.7. The van der Waals surface area contributed by atoms with E-state index in [1.54, 1.807) is 18.6 Å². The van der Waals surface area contributed by atoms with Crippen LogP contribution in [0.5, 0.6) is 0 Å². The van der Waals surface area contributed by atoms with Crippen LogP contribution in [0.2, 0.25) is 0 Å². The van der Waals surface area contributed by atoms with Gasteiger partial charge in [-0.05, 0) is 43.6 Å². The van der Waals surface area contributed by atoms with Gasteiger partial charge in [0.1, 0.15) is 5.82 Å². The molecule has 2 atom stereocenters. The number of anilines is 1. The summed E-state index contributed by atoms with van der Waals surface area (Å²) in [5.41, 5.74) is 1.42. The molecule has 1 saturated heterocycles. The molecule has 1 aromatic carbocycles. The van der Waals surface area contributed by atoms with Crippen molar-refractivity contribution < 1.29 is 13.2 Å². The standard InChI is InChI=1S/C23H32N4O3S/c1-31(28,29)26-22-11-14-27(23-15-24-12-13-25-23)16-20(22)17-30-21-9-7-19(8-10-21)18-5-3-2-4-6-18/h2-6,12-13,15,19-22,26H,7-11,14,16-17H2,1H3/t19-,20-,21+,22-/m0/s1. The van der Waals surface area contributed by atoms with Gasteiger partial charge in [0.15, 0.2) is 0 Å². The Balaban J connectivity index is 1.34. The third-order valence-electron chi connectivity index (χ3n) is 6.46. The summed E-state index contributed by atoms with van der Waals surface area (Å²) in [6, 6.07) is 10.6. The molecule has 1 aliphatic carbocycles. The minimum atomic E-state index is -3.27. The highest BCUT2D eigenvalue weighted by molar-refractivity contribution is 7.88. The van der Waals surface area contributed by atoms with E-state index in [4.69, 9.17) is 4.74 Å². The summed E-state index contributed by atoms with van der Waals surface area (Å²) in [4.78, 5) is 10.7. The molecule has 0 unspecified atom stereocenters. The monoisotopic (exact) mass is 444 g/mol. The molecule has 2 fully saturated rings. The molecule has 4 rings (SSSR count). The van der Waals surface area contributed by atoms with Crippen molar-refractivity contribution in [2.75, 3.05) is 30.9 Å². The molecule has 1 N–H and O–H groups in total. The maximum Gasteiger partial charge on any atom is 0.208 e. The van der Waals surface area contributed by atoms with E-state index < -0.39 is 10.0 Å². The number of aromatic nitrogens is 2. The van der Waals surface area contributed by atoms with Crippen LogP contribution in [0.25, 0.3) is 0 Å². The van der Waals surface area contributed by atoms with Gasteiger partial charge < -0.3 is 9.64 Å². The highest BCUT2D eigenvalue weighted by Crippen LogP contribution is 2.34. The summed E-state index contributed by atoms with van der Waals surface area (Å²) in [6.45, 7) is 1.99. The number of nitrogens with zero attached hydrogens (tertiary/aromatic N) is 3. The van der Waals surface area contributed by atoms with E-state index in [1.807, 2.05) is 0 Å². The Bertz CT molecular complexity index is 918. The van der Waals surface area contributed by atoms with Gasteiger partial charge in [0, 0.05) is 37.4 Å². The molecule has 0 spiro atoms. The second-order valence-electron chi connectivity index (χ2n) is 8.77. The minimum absolute atomic E-state index is 0.0670. The van der Waals surface area contributed by atoms with Crippen molar-refractivity contribution in [3.63, 3.8) is 0 Å². The van der Waals surface area contributed by atoms with E-state index in [0.717, 1.165) is 44.5 Å². The molecule has 2 aliphatic rings. The van der Waals surface area contributed by atoms with Crippen molar-refractivity contribution in [1.82, 2.24) is 14.7 Å². The predicted molar refractivity (Wildman–Crippen MR) is 122 cm³/mol. The maximum absolute atomic E-state index is 11.9.